The number of hydrogen-bond acceptors (Lipinski definition) is 3. The monoisotopic (exact) mass is 411 g/mol. The van der Waals surface area contributed by atoms with Gasteiger partial charge >= 0.3 is 0 Å². The SMILES string of the molecule is Clc1nc(Nc2ccc(Br)cc2Br)c2ccccc2n1. The summed E-state index contributed by atoms with van der Waals surface area (Å²) in [5.41, 5.74) is 1.72. The van der Waals surface area contributed by atoms with E-state index in [1.54, 1.807) is 0 Å². The van der Waals surface area contributed by atoms with Gasteiger partial charge in [-0.2, -0.15) is 4.98 Å². The minimum atomic E-state index is 0.222. The molecule has 0 unspecified atom stereocenters. The summed E-state index contributed by atoms with van der Waals surface area (Å²) >= 11 is 12.9. The number of anilines is 2. The summed E-state index contributed by atoms with van der Waals surface area (Å²) in [6.45, 7) is 0. The molecule has 3 aromatic rings. The van der Waals surface area contributed by atoms with E-state index in [0.29, 0.717) is 5.82 Å². The molecule has 0 bridgehead atoms. The van der Waals surface area contributed by atoms with Crippen LogP contribution in [0.2, 0.25) is 5.28 Å². The van der Waals surface area contributed by atoms with Gasteiger partial charge < -0.3 is 5.32 Å². The van der Waals surface area contributed by atoms with Gasteiger partial charge in [0.25, 0.3) is 0 Å². The molecule has 0 spiro atoms. The molecule has 3 rings (SSSR count). The molecule has 0 aliphatic heterocycles. The third-order valence-electron chi connectivity index (χ3n) is 2.76. The molecule has 0 saturated carbocycles. The number of halogens is 3. The van der Waals surface area contributed by atoms with E-state index < -0.39 is 0 Å². The van der Waals surface area contributed by atoms with Gasteiger partial charge in [-0.1, -0.05) is 28.1 Å². The van der Waals surface area contributed by atoms with Crippen molar-refractivity contribution in [1.29, 1.82) is 0 Å². The second-order valence-electron chi connectivity index (χ2n) is 4.11. The van der Waals surface area contributed by atoms with Gasteiger partial charge in [-0.25, -0.2) is 4.98 Å². The Bertz CT molecular complexity index is 792. The summed E-state index contributed by atoms with van der Waals surface area (Å²) in [5, 5.41) is 4.42. The highest BCUT2D eigenvalue weighted by atomic mass is 79.9. The number of nitrogens with one attached hydrogen (secondary N) is 1. The van der Waals surface area contributed by atoms with E-state index >= 15 is 0 Å². The number of benzene rings is 2. The predicted octanol–water partition coefficient (Wildman–Crippen LogP) is 5.55. The van der Waals surface area contributed by atoms with Crippen LogP contribution in [0.3, 0.4) is 0 Å². The van der Waals surface area contributed by atoms with Crippen LogP contribution >= 0.6 is 43.5 Å². The van der Waals surface area contributed by atoms with Crippen molar-refractivity contribution in [2.24, 2.45) is 0 Å². The van der Waals surface area contributed by atoms with Crippen molar-refractivity contribution in [3.8, 4) is 0 Å². The molecule has 1 heterocycles. The number of rotatable bonds is 2. The van der Waals surface area contributed by atoms with Crippen LogP contribution in [0, 0.1) is 0 Å². The normalized spacial score (nSPS) is 10.8. The lowest BCUT2D eigenvalue weighted by Gasteiger charge is -2.10. The van der Waals surface area contributed by atoms with Gasteiger partial charge in [0.15, 0.2) is 0 Å². The number of fused-ring (bicyclic) bond motifs is 1. The summed E-state index contributed by atoms with van der Waals surface area (Å²) in [4.78, 5) is 8.48. The van der Waals surface area contributed by atoms with Gasteiger partial charge in [0, 0.05) is 14.3 Å². The number of para-hydroxylation sites is 1. The van der Waals surface area contributed by atoms with Crippen LogP contribution in [0.4, 0.5) is 11.5 Å². The number of nitrogens with zero attached hydrogens (tertiary/aromatic N) is 2. The van der Waals surface area contributed by atoms with Gasteiger partial charge in [0.05, 0.1) is 11.2 Å². The summed E-state index contributed by atoms with van der Waals surface area (Å²) < 4.78 is 1.94. The molecule has 0 radical (unpaired) electrons. The predicted molar refractivity (Wildman–Crippen MR) is 89.7 cm³/mol. The summed E-state index contributed by atoms with van der Waals surface area (Å²) in [5.74, 6) is 0.684. The van der Waals surface area contributed by atoms with Crippen molar-refractivity contribution in [2.75, 3.05) is 5.32 Å². The van der Waals surface area contributed by atoms with E-state index in [2.05, 4.69) is 47.1 Å². The fourth-order valence-electron chi connectivity index (χ4n) is 1.86. The van der Waals surface area contributed by atoms with Crippen molar-refractivity contribution in [2.45, 2.75) is 0 Å². The Morgan fingerprint density at radius 2 is 1.80 bits per heavy atom. The van der Waals surface area contributed by atoms with Crippen LogP contribution in [0.15, 0.2) is 51.4 Å². The van der Waals surface area contributed by atoms with Gasteiger partial charge in [0.2, 0.25) is 5.28 Å². The van der Waals surface area contributed by atoms with Crippen LogP contribution in [0.25, 0.3) is 10.9 Å². The fraction of sp³-hybridized carbons (Fsp3) is 0. The molecule has 2 aromatic carbocycles. The fourth-order valence-corrected chi connectivity index (χ4v) is 3.18. The van der Waals surface area contributed by atoms with Crippen molar-refractivity contribution in [1.82, 2.24) is 9.97 Å². The number of aromatic nitrogens is 2. The molecule has 0 fully saturated rings. The zero-order chi connectivity index (χ0) is 14.1. The zero-order valence-corrected chi connectivity index (χ0v) is 14.0. The highest BCUT2D eigenvalue weighted by Gasteiger charge is 2.08. The molecular weight excluding hydrogens is 405 g/mol. The van der Waals surface area contributed by atoms with Gasteiger partial charge in [-0.3, -0.25) is 0 Å². The van der Waals surface area contributed by atoms with Crippen LogP contribution in [-0.2, 0) is 0 Å². The Labute approximate surface area is 137 Å². The highest BCUT2D eigenvalue weighted by molar-refractivity contribution is 9.11. The first-order chi connectivity index (χ1) is 9.63. The average molecular weight is 414 g/mol. The minimum Gasteiger partial charge on any atom is -0.339 e. The third kappa shape index (κ3) is 2.80. The Hall–Kier alpha value is -1.17. The van der Waals surface area contributed by atoms with E-state index in [4.69, 9.17) is 11.6 Å². The average Bonchev–Trinajstić information content (AvgIpc) is 2.41. The molecular formula is C14H8Br2ClN3. The van der Waals surface area contributed by atoms with E-state index in [1.807, 2.05) is 42.5 Å². The maximum atomic E-state index is 5.97. The van der Waals surface area contributed by atoms with Crippen LogP contribution in [0.1, 0.15) is 0 Å². The van der Waals surface area contributed by atoms with Gasteiger partial charge in [-0.05, 0) is 57.9 Å². The Morgan fingerprint density at radius 3 is 2.60 bits per heavy atom. The lowest BCUT2D eigenvalue weighted by Crippen LogP contribution is -1.97. The van der Waals surface area contributed by atoms with Crippen molar-refractivity contribution < 1.29 is 0 Å². The van der Waals surface area contributed by atoms with E-state index in [1.165, 1.54) is 0 Å². The largest absolute Gasteiger partial charge is 0.339 e. The lowest BCUT2D eigenvalue weighted by molar-refractivity contribution is 1.22. The molecule has 0 amide bonds. The minimum absolute atomic E-state index is 0.222. The third-order valence-corrected chi connectivity index (χ3v) is 4.08. The molecule has 0 atom stereocenters. The maximum Gasteiger partial charge on any atom is 0.224 e. The number of hydrogen-bond donors (Lipinski definition) is 1. The van der Waals surface area contributed by atoms with Gasteiger partial charge in [0.1, 0.15) is 5.82 Å². The van der Waals surface area contributed by atoms with Crippen molar-refractivity contribution in [3.05, 3.63) is 56.7 Å². The molecule has 1 aromatic heterocycles. The lowest BCUT2D eigenvalue weighted by atomic mass is 10.2. The quantitative estimate of drug-likeness (QED) is 0.560. The molecule has 0 aliphatic carbocycles. The van der Waals surface area contributed by atoms with Crippen LogP contribution in [-0.4, -0.2) is 9.97 Å². The molecule has 3 nitrogen and oxygen atoms in total. The second-order valence-corrected chi connectivity index (χ2v) is 6.22. The maximum absolute atomic E-state index is 5.97. The summed E-state index contributed by atoms with van der Waals surface area (Å²) in [6.07, 6.45) is 0. The Balaban J connectivity index is 2.10. The smallest absolute Gasteiger partial charge is 0.224 e. The first-order valence-corrected chi connectivity index (χ1v) is 7.74. The highest BCUT2D eigenvalue weighted by Crippen LogP contribution is 2.31. The Kier molecular flexibility index (Phi) is 3.92. The summed E-state index contributed by atoms with van der Waals surface area (Å²) in [7, 11) is 0. The zero-order valence-electron chi connectivity index (χ0n) is 10.1. The molecule has 1 N–H and O–H groups in total. The summed E-state index contributed by atoms with van der Waals surface area (Å²) in [6, 6.07) is 13.6. The Morgan fingerprint density at radius 1 is 1.00 bits per heavy atom. The van der Waals surface area contributed by atoms with Crippen LogP contribution < -0.4 is 5.32 Å². The molecule has 20 heavy (non-hydrogen) atoms. The molecule has 0 saturated heterocycles. The van der Waals surface area contributed by atoms with Crippen molar-refractivity contribution >= 4 is 65.9 Å². The molecule has 6 heteroatoms. The first kappa shape index (κ1) is 13.8. The molecule has 100 valence electrons. The van der Waals surface area contributed by atoms with E-state index in [-0.39, 0.29) is 5.28 Å². The van der Waals surface area contributed by atoms with Gasteiger partial charge in [-0.15, -0.1) is 0 Å². The van der Waals surface area contributed by atoms with E-state index in [0.717, 1.165) is 25.5 Å². The van der Waals surface area contributed by atoms with Crippen molar-refractivity contribution in [3.63, 3.8) is 0 Å². The first-order valence-electron chi connectivity index (χ1n) is 5.78. The second kappa shape index (κ2) is 5.68. The topological polar surface area (TPSA) is 37.8 Å². The standard InChI is InChI=1S/C14H8Br2ClN3/c15-8-5-6-12(10(16)7-8)18-13-9-3-1-2-4-11(9)19-14(17)20-13/h1-7H,(H,18,19,20). The molecule has 0 aliphatic rings. The van der Waals surface area contributed by atoms with Crippen LogP contribution in [0.5, 0.6) is 0 Å². The van der Waals surface area contributed by atoms with E-state index in [9.17, 15) is 0 Å².